The second kappa shape index (κ2) is 11.4. The van der Waals surface area contributed by atoms with Crippen LogP contribution in [-0.2, 0) is 14.3 Å². The third kappa shape index (κ3) is 9.05. The van der Waals surface area contributed by atoms with Crippen LogP contribution < -0.4 is 5.32 Å². The maximum atomic E-state index is 12.8. The summed E-state index contributed by atoms with van der Waals surface area (Å²) >= 11 is 0. The molecule has 0 radical (unpaired) electrons. The van der Waals surface area contributed by atoms with Crippen molar-refractivity contribution >= 4 is 12.1 Å². The molecule has 166 valence electrons. The van der Waals surface area contributed by atoms with Gasteiger partial charge in [0.05, 0.1) is 0 Å². The SMILES string of the molecule is C=CC(=CC)CC1CCCC(NC(=O)OC(C)(C)C)C(=O)OC(C)C1CC(C)C. The number of carbonyl (C=O) groups is 2. The number of alkyl carbamates (subject to hydrolysis) is 1. The van der Waals surface area contributed by atoms with Crippen LogP contribution in [0.4, 0.5) is 4.79 Å². The van der Waals surface area contributed by atoms with Crippen LogP contribution in [0, 0.1) is 17.8 Å². The Balaban J connectivity index is 2.99. The van der Waals surface area contributed by atoms with Crippen LogP contribution in [0.15, 0.2) is 24.3 Å². The van der Waals surface area contributed by atoms with Crippen molar-refractivity contribution in [1.82, 2.24) is 5.32 Å². The van der Waals surface area contributed by atoms with Crippen LogP contribution >= 0.6 is 0 Å². The standard InChI is InChI=1S/C24H41NO4/c1-9-18(10-2)15-19-12-11-13-21(25-23(27)29-24(6,7)8)22(26)28-17(5)20(19)14-16(3)4/h9-10,16-17,19-21H,1,11-15H2,2-8H3,(H,25,27). The molecule has 29 heavy (non-hydrogen) atoms. The molecule has 0 saturated carbocycles. The van der Waals surface area contributed by atoms with Gasteiger partial charge in [0.15, 0.2) is 0 Å². The molecule has 4 atom stereocenters. The van der Waals surface area contributed by atoms with E-state index in [1.54, 1.807) is 20.8 Å². The maximum absolute atomic E-state index is 12.8. The fraction of sp³-hybridized carbons (Fsp3) is 0.750. The van der Waals surface area contributed by atoms with Gasteiger partial charge in [-0.15, -0.1) is 0 Å². The van der Waals surface area contributed by atoms with Gasteiger partial charge in [-0.25, -0.2) is 9.59 Å². The number of ether oxygens (including phenoxy) is 2. The Bertz CT molecular complexity index is 588. The normalized spacial score (nSPS) is 26.8. The first-order chi connectivity index (χ1) is 13.5. The summed E-state index contributed by atoms with van der Waals surface area (Å²) in [5.41, 5.74) is 0.617. The Labute approximate surface area is 177 Å². The van der Waals surface area contributed by atoms with Crippen LogP contribution in [0.5, 0.6) is 0 Å². The van der Waals surface area contributed by atoms with E-state index < -0.39 is 17.7 Å². The molecule has 0 aromatic heterocycles. The Morgan fingerprint density at radius 2 is 2.00 bits per heavy atom. The van der Waals surface area contributed by atoms with Crippen molar-refractivity contribution in [3.63, 3.8) is 0 Å². The number of nitrogens with one attached hydrogen (secondary N) is 1. The lowest BCUT2D eigenvalue weighted by molar-refractivity contribution is -0.154. The van der Waals surface area contributed by atoms with Gasteiger partial charge in [0, 0.05) is 0 Å². The molecule has 1 rings (SSSR count). The molecule has 1 N–H and O–H groups in total. The summed E-state index contributed by atoms with van der Waals surface area (Å²) in [6.07, 6.45) is 7.54. The molecule has 1 heterocycles. The average Bonchev–Trinajstić information content (AvgIpc) is 2.63. The van der Waals surface area contributed by atoms with Gasteiger partial charge in [-0.3, -0.25) is 0 Å². The predicted octanol–water partition coefficient (Wildman–Crippen LogP) is 5.80. The molecule has 4 unspecified atom stereocenters. The minimum absolute atomic E-state index is 0.209. The van der Waals surface area contributed by atoms with E-state index in [-0.39, 0.29) is 18.0 Å². The minimum atomic E-state index is -0.675. The third-order valence-corrected chi connectivity index (χ3v) is 5.43. The zero-order valence-corrected chi connectivity index (χ0v) is 19.4. The zero-order valence-electron chi connectivity index (χ0n) is 19.4. The molecule has 1 aliphatic heterocycles. The third-order valence-electron chi connectivity index (χ3n) is 5.43. The van der Waals surface area contributed by atoms with Crippen molar-refractivity contribution in [2.75, 3.05) is 0 Å². The molecule has 1 fully saturated rings. The largest absolute Gasteiger partial charge is 0.461 e. The summed E-state index contributed by atoms with van der Waals surface area (Å²) in [6.45, 7) is 17.8. The van der Waals surface area contributed by atoms with Crippen molar-refractivity contribution in [3.05, 3.63) is 24.3 Å². The molecule has 0 aromatic rings. The Morgan fingerprint density at radius 3 is 2.52 bits per heavy atom. The van der Waals surface area contributed by atoms with E-state index in [4.69, 9.17) is 9.47 Å². The van der Waals surface area contributed by atoms with Crippen LogP contribution in [-0.4, -0.2) is 29.8 Å². The Hall–Kier alpha value is -1.78. The molecule has 1 aliphatic rings. The van der Waals surface area contributed by atoms with E-state index in [2.05, 4.69) is 31.8 Å². The lowest BCUT2D eigenvalue weighted by atomic mass is 9.76. The first-order valence-electron chi connectivity index (χ1n) is 10.9. The van der Waals surface area contributed by atoms with Gasteiger partial charge in [-0.1, -0.05) is 44.6 Å². The van der Waals surface area contributed by atoms with Gasteiger partial charge >= 0.3 is 12.1 Å². The summed E-state index contributed by atoms with van der Waals surface area (Å²) in [5, 5.41) is 2.71. The molecule has 5 nitrogen and oxygen atoms in total. The fourth-order valence-electron chi connectivity index (χ4n) is 4.04. The monoisotopic (exact) mass is 407 g/mol. The molecule has 0 aromatic carbocycles. The molecule has 1 amide bonds. The quantitative estimate of drug-likeness (QED) is 0.447. The second-order valence-electron chi connectivity index (χ2n) is 9.60. The predicted molar refractivity (Wildman–Crippen MR) is 118 cm³/mol. The van der Waals surface area contributed by atoms with Gasteiger partial charge < -0.3 is 14.8 Å². The zero-order chi connectivity index (χ0) is 22.2. The lowest BCUT2D eigenvalue weighted by Crippen LogP contribution is -2.45. The smallest absolute Gasteiger partial charge is 0.408 e. The summed E-state index contributed by atoms with van der Waals surface area (Å²) in [7, 11) is 0. The topological polar surface area (TPSA) is 64.6 Å². The molecular formula is C24H41NO4. The van der Waals surface area contributed by atoms with Gasteiger partial charge in [-0.2, -0.15) is 0 Å². The van der Waals surface area contributed by atoms with Crippen LogP contribution in [0.25, 0.3) is 0 Å². The highest BCUT2D eigenvalue weighted by molar-refractivity contribution is 5.81. The Kier molecular flexibility index (Phi) is 9.94. The number of cyclic esters (lactones) is 1. The highest BCUT2D eigenvalue weighted by atomic mass is 16.6. The van der Waals surface area contributed by atoms with E-state index in [1.165, 1.54) is 5.57 Å². The van der Waals surface area contributed by atoms with Crippen molar-refractivity contribution < 1.29 is 19.1 Å². The summed E-state index contributed by atoms with van der Waals surface area (Å²) in [5.74, 6) is 0.824. The van der Waals surface area contributed by atoms with Crippen molar-refractivity contribution in [2.24, 2.45) is 17.8 Å². The van der Waals surface area contributed by atoms with Gasteiger partial charge in [-0.05, 0) is 78.1 Å². The van der Waals surface area contributed by atoms with Crippen molar-refractivity contribution in [2.45, 2.75) is 98.3 Å². The van der Waals surface area contributed by atoms with Gasteiger partial charge in [0.25, 0.3) is 0 Å². The number of allylic oxidation sites excluding steroid dienone is 3. The lowest BCUT2D eigenvalue weighted by Gasteiger charge is -2.33. The molecule has 0 aliphatic carbocycles. The molecule has 0 bridgehead atoms. The number of esters is 1. The summed E-state index contributed by atoms with van der Waals surface area (Å²) in [6, 6.07) is -0.675. The van der Waals surface area contributed by atoms with E-state index >= 15 is 0 Å². The Morgan fingerprint density at radius 1 is 1.34 bits per heavy atom. The summed E-state index contributed by atoms with van der Waals surface area (Å²) < 4.78 is 11.2. The van der Waals surface area contributed by atoms with Crippen molar-refractivity contribution in [1.29, 1.82) is 0 Å². The van der Waals surface area contributed by atoms with Crippen LogP contribution in [0.3, 0.4) is 0 Å². The van der Waals surface area contributed by atoms with E-state index in [1.807, 2.05) is 19.9 Å². The molecule has 0 spiro atoms. The number of amides is 1. The first-order valence-corrected chi connectivity index (χ1v) is 10.9. The highest BCUT2D eigenvalue weighted by Gasteiger charge is 2.35. The number of rotatable bonds is 6. The maximum Gasteiger partial charge on any atom is 0.408 e. The minimum Gasteiger partial charge on any atom is -0.461 e. The summed E-state index contributed by atoms with van der Waals surface area (Å²) in [4.78, 5) is 25.0. The van der Waals surface area contributed by atoms with Crippen LogP contribution in [0.2, 0.25) is 0 Å². The van der Waals surface area contributed by atoms with E-state index in [0.29, 0.717) is 18.3 Å². The van der Waals surface area contributed by atoms with Gasteiger partial charge in [0.2, 0.25) is 0 Å². The molecule has 5 heteroatoms. The van der Waals surface area contributed by atoms with Gasteiger partial charge in [0.1, 0.15) is 17.7 Å². The fourth-order valence-corrected chi connectivity index (χ4v) is 4.04. The molecular weight excluding hydrogens is 366 g/mol. The molecule has 1 saturated heterocycles. The number of hydrogen-bond acceptors (Lipinski definition) is 4. The second-order valence-corrected chi connectivity index (χ2v) is 9.60. The number of hydrogen-bond donors (Lipinski definition) is 1. The van der Waals surface area contributed by atoms with Crippen LogP contribution in [0.1, 0.15) is 80.6 Å². The van der Waals surface area contributed by atoms with Crippen molar-refractivity contribution in [3.8, 4) is 0 Å². The average molecular weight is 408 g/mol. The first kappa shape index (κ1) is 25.3. The highest BCUT2D eigenvalue weighted by Crippen LogP contribution is 2.35. The van der Waals surface area contributed by atoms with E-state index in [9.17, 15) is 9.59 Å². The van der Waals surface area contributed by atoms with E-state index in [0.717, 1.165) is 25.7 Å². The number of carbonyl (C=O) groups excluding carboxylic acids is 2.